The molecule has 1 amide bonds. The number of nitrogens with one attached hydrogen (secondary N) is 1. The van der Waals surface area contributed by atoms with Crippen LogP contribution in [0.1, 0.15) is 13.8 Å². The molecule has 0 radical (unpaired) electrons. The van der Waals surface area contributed by atoms with Crippen LogP contribution in [0, 0.1) is 5.92 Å². The van der Waals surface area contributed by atoms with Crippen LogP contribution < -0.4 is 16.6 Å². The van der Waals surface area contributed by atoms with Gasteiger partial charge >= 0.3 is 0 Å². The lowest BCUT2D eigenvalue weighted by atomic mass is 10.0. The summed E-state index contributed by atoms with van der Waals surface area (Å²) in [7, 11) is 1.62. The molecule has 0 aromatic carbocycles. The predicted octanol–water partition coefficient (Wildman–Crippen LogP) is 1.07. The Kier molecular flexibility index (Phi) is 4.47. The lowest BCUT2D eigenvalue weighted by molar-refractivity contribution is -0.119. The monoisotopic (exact) mass is 301 g/mol. The number of halogens is 1. The second-order valence-electron chi connectivity index (χ2n) is 4.13. The molecule has 0 saturated carbocycles. The van der Waals surface area contributed by atoms with Crippen molar-refractivity contribution in [3.05, 3.63) is 27.1 Å². The highest BCUT2D eigenvalue weighted by atomic mass is 79.9. The topological polar surface area (TPSA) is 77.1 Å². The summed E-state index contributed by atoms with van der Waals surface area (Å²) in [4.78, 5) is 23.2. The summed E-state index contributed by atoms with van der Waals surface area (Å²) in [5, 5.41) is 2.72. The highest BCUT2D eigenvalue weighted by Crippen LogP contribution is 2.13. The van der Waals surface area contributed by atoms with Crippen molar-refractivity contribution in [2.24, 2.45) is 18.7 Å². The number of nitrogens with zero attached hydrogens (tertiary/aromatic N) is 1. The molecule has 1 rings (SSSR count). The number of hydrogen-bond donors (Lipinski definition) is 2. The fourth-order valence-corrected chi connectivity index (χ4v) is 1.76. The number of carbonyl (C=O) groups is 1. The fraction of sp³-hybridized carbons (Fsp3) is 0.455. The maximum absolute atomic E-state index is 11.8. The Hall–Kier alpha value is -1.14. The zero-order chi connectivity index (χ0) is 13.2. The van der Waals surface area contributed by atoms with Crippen molar-refractivity contribution in [1.29, 1.82) is 0 Å². The SMILES string of the molecule is CC(N)C(C)C(=O)Nc1cc(Br)c(=O)n(C)c1. The number of hydrogen-bond acceptors (Lipinski definition) is 3. The first kappa shape index (κ1) is 13.9. The van der Waals surface area contributed by atoms with Gasteiger partial charge in [0, 0.05) is 19.3 Å². The van der Waals surface area contributed by atoms with Gasteiger partial charge in [-0.15, -0.1) is 0 Å². The minimum atomic E-state index is -0.286. The highest BCUT2D eigenvalue weighted by Gasteiger charge is 2.17. The van der Waals surface area contributed by atoms with Gasteiger partial charge in [-0.3, -0.25) is 9.59 Å². The predicted molar refractivity (Wildman–Crippen MR) is 70.8 cm³/mol. The molecule has 0 bridgehead atoms. The third-order valence-corrected chi connectivity index (χ3v) is 3.18. The third kappa shape index (κ3) is 3.41. The largest absolute Gasteiger partial charge is 0.327 e. The minimum absolute atomic E-state index is 0.150. The summed E-state index contributed by atoms with van der Waals surface area (Å²) in [6.07, 6.45) is 1.57. The van der Waals surface area contributed by atoms with E-state index in [9.17, 15) is 9.59 Å². The van der Waals surface area contributed by atoms with E-state index in [1.807, 2.05) is 0 Å². The van der Waals surface area contributed by atoms with E-state index in [-0.39, 0.29) is 23.4 Å². The van der Waals surface area contributed by atoms with Crippen LogP contribution in [-0.2, 0) is 11.8 Å². The Morgan fingerprint density at radius 3 is 2.59 bits per heavy atom. The van der Waals surface area contributed by atoms with Crippen molar-refractivity contribution in [3.63, 3.8) is 0 Å². The molecule has 6 heteroatoms. The molecule has 3 N–H and O–H groups in total. The summed E-state index contributed by atoms with van der Waals surface area (Å²) in [6, 6.07) is 1.36. The molecule has 1 aromatic rings. The van der Waals surface area contributed by atoms with E-state index >= 15 is 0 Å². The number of rotatable bonds is 3. The van der Waals surface area contributed by atoms with Crippen LogP contribution in [0.2, 0.25) is 0 Å². The Balaban J connectivity index is 2.90. The Morgan fingerprint density at radius 2 is 2.12 bits per heavy atom. The van der Waals surface area contributed by atoms with Crippen molar-refractivity contribution in [3.8, 4) is 0 Å². The van der Waals surface area contributed by atoms with Crippen LogP contribution >= 0.6 is 15.9 Å². The summed E-state index contributed by atoms with van der Waals surface area (Å²) in [6.45, 7) is 3.54. The molecular weight excluding hydrogens is 286 g/mol. The quantitative estimate of drug-likeness (QED) is 0.877. The second kappa shape index (κ2) is 5.46. The van der Waals surface area contributed by atoms with Gasteiger partial charge in [0.2, 0.25) is 5.91 Å². The molecule has 2 unspecified atom stereocenters. The van der Waals surface area contributed by atoms with Gasteiger partial charge in [0.05, 0.1) is 16.1 Å². The smallest absolute Gasteiger partial charge is 0.264 e. The number of carbonyl (C=O) groups excluding carboxylic acids is 1. The van der Waals surface area contributed by atoms with E-state index in [0.717, 1.165) is 0 Å². The Morgan fingerprint density at radius 1 is 1.53 bits per heavy atom. The van der Waals surface area contributed by atoms with Gasteiger partial charge < -0.3 is 15.6 Å². The lowest BCUT2D eigenvalue weighted by Crippen LogP contribution is -2.34. The summed E-state index contributed by atoms with van der Waals surface area (Å²) in [5.41, 5.74) is 6.07. The van der Waals surface area contributed by atoms with Gasteiger partial charge in [0.15, 0.2) is 0 Å². The van der Waals surface area contributed by atoms with E-state index in [4.69, 9.17) is 5.73 Å². The summed E-state index contributed by atoms with van der Waals surface area (Å²) >= 11 is 3.14. The van der Waals surface area contributed by atoms with E-state index in [2.05, 4.69) is 21.2 Å². The maximum Gasteiger partial charge on any atom is 0.264 e. The molecule has 5 nitrogen and oxygen atoms in total. The number of amides is 1. The first-order valence-corrected chi connectivity index (χ1v) is 6.05. The summed E-state index contributed by atoms with van der Waals surface area (Å²) < 4.78 is 1.81. The molecule has 0 saturated heterocycles. The average Bonchev–Trinajstić information content (AvgIpc) is 2.24. The van der Waals surface area contributed by atoms with Crippen LogP contribution in [0.4, 0.5) is 5.69 Å². The van der Waals surface area contributed by atoms with Crippen LogP contribution in [0.3, 0.4) is 0 Å². The van der Waals surface area contributed by atoms with Gasteiger partial charge in [-0.2, -0.15) is 0 Å². The molecule has 0 aliphatic rings. The van der Waals surface area contributed by atoms with Gasteiger partial charge in [-0.25, -0.2) is 0 Å². The van der Waals surface area contributed by atoms with Gasteiger partial charge in [-0.05, 0) is 28.9 Å². The molecule has 94 valence electrons. The third-order valence-electron chi connectivity index (χ3n) is 2.61. The Bertz CT molecular complexity index is 456. The van der Waals surface area contributed by atoms with Crippen LogP contribution in [0.25, 0.3) is 0 Å². The van der Waals surface area contributed by atoms with Gasteiger partial charge in [0.25, 0.3) is 5.56 Å². The van der Waals surface area contributed by atoms with Crippen LogP contribution in [0.15, 0.2) is 21.5 Å². The maximum atomic E-state index is 11.8. The zero-order valence-electron chi connectivity index (χ0n) is 10.0. The second-order valence-corrected chi connectivity index (χ2v) is 4.98. The van der Waals surface area contributed by atoms with Gasteiger partial charge in [0.1, 0.15) is 0 Å². The van der Waals surface area contributed by atoms with E-state index in [1.54, 1.807) is 33.2 Å². The fourth-order valence-electron chi connectivity index (χ4n) is 1.23. The number of anilines is 1. The van der Waals surface area contributed by atoms with Crippen molar-refractivity contribution in [2.45, 2.75) is 19.9 Å². The number of aromatic nitrogens is 1. The molecule has 1 heterocycles. The van der Waals surface area contributed by atoms with E-state index < -0.39 is 0 Å². The number of pyridine rings is 1. The van der Waals surface area contributed by atoms with Crippen LogP contribution in [-0.4, -0.2) is 16.5 Å². The molecule has 2 atom stereocenters. The van der Waals surface area contributed by atoms with Crippen molar-refractivity contribution >= 4 is 27.5 Å². The summed E-state index contributed by atoms with van der Waals surface area (Å²) in [5.74, 6) is -0.448. The first-order valence-electron chi connectivity index (χ1n) is 5.25. The standard InChI is InChI=1S/C11H16BrN3O2/c1-6(7(2)13)10(16)14-8-4-9(12)11(17)15(3)5-8/h4-7H,13H2,1-3H3,(H,14,16). The van der Waals surface area contributed by atoms with E-state index in [1.165, 1.54) is 4.57 Å². The van der Waals surface area contributed by atoms with Crippen molar-refractivity contribution in [2.75, 3.05) is 5.32 Å². The van der Waals surface area contributed by atoms with Crippen molar-refractivity contribution < 1.29 is 4.79 Å². The van der Waals surface area contributed by atoms with Crippen molar-refractivity contribution in [1.82, 2.24) is 4.57 Å². The molecule has 17 heavy (non-hydrogen) atoms. The normalized spacial score (nSPS) is 14.2. The first-order chi connectivity index (χ1) is 7.82. The van der Waals surface area contributed by atoms with E-state index in [0.29, 0.717) is 10.2 Å². The molecular formula is C11H16BrN3O2. The Labute approximate surface area is 108 Å². The molecule has 0 aliphatic carbocycles. The molecule has 0 aliphatic heterocycles. The number of aryl methyl sites for hydroxylation is 1. The molecule has 1 aromatic heterocycles. The minimum Gasteiger partial charge on any atom is -0.327 e. The average molecular weight is 302 g/mol. The lowest BCUT2D eigenvalue weighted by Gasteiger charge is -2.15. The van der Waals surface area contributed by atoms with Crippen LogP contribution in [0.5, 0.6) is 0 Å². The molecule has 0 fully saturated rings. The number of nitrogens with two attached hydrogens (primary N) is 1. The highest BCUT2D eigenvalue weighted by molar-refractivity contribution is 9.10. The molecule has 0 spiro atoms. The van der Waals surface area contributed by atoms with Gasteiger partial charge in [-0.1, -0.05) is 6.92 Å². The zero-order valence-corrected chi connectivity index (χ0v) is 11.6.